The predicted octanol–water partition coefficient (Wildman–Crippen LogP) is 1.60. The van der Waals surface area contributed by atoms with Crippen molar-refractivity contribution < 1.29 is 14.3 Å². The third kappa shape index (κ3) is 3.85. The number of hydrogen-bond donors (Lipinski definition) is 1. The van der Waals surface area contributed by atoms with Gasteiger partial charge >= 0.3 is 0 Å². The van der Waals surface area contributed by atoms with Crippen LogP contribution in [-0.2, 0) is 11.3 Å². The summed E-state index contributed by atoms with van der Waals surface area (Å²) < 4.78 is 11.6. The standard InChI is InChI=1S/C15H24N2O3/c1-17-9-6-13(7-10-17)20-15-12(8-11-19-16)4-3-5-14(15)18-2/h3-5,13H,6-11,16H2,1-2H3. The van der Waals surface area contributed by atoms with Gasteiger partial charge in [-0.1, -0.05) is 12.1 Å². The zero-order chi connectivity index (χ0) is 14.4. The van der Waals surface area contributed by atoms with Gasteiger partial charge in [0.25, 0.3) is 0 Å². The van der Waals surface area contributed by atoms with Crippen LogP contribution in [0.1, 0.15) is 18.4 Å². The van der Waals surface area contributed by atoms with E-state index in [1.54, 1.807) is 7.11 Å². The number of methoxy groups -OCH3 is 1. The SMILES string of the molecule is COc1cccc(CCON)c1OC1CCN(C)CC1. The van der Waals surface area contributed by atoms with Crippen LogP contribution in [0.25, 0.3) is 0 Å². The fourth-order valence-electron chi connectivity index (χ4n) is 2.49. The first-order chi connectivity index (χ1) is 9.74. The Bertz CT molecular complexity index is 418. The molecule has 0 aromatic heterocycles. The molecule has 1 saturated heterocycles. The smallest absolute Gasteiger partial charge is 0.164 e. The van der Waals surface area contributed by atoms with Gasteiger partial charge in [-0.25, -0.2) is 5.90 Å². The molecule has 112 valence electrons. The molecular formula is C15H24N2O3. The van der Waals surface area contributed by atoms with E-state index in [0.29, 0.717) is 6.61 Å². The summed E-state index contributed by atoms with van der Waals surface area (Å²) in [5, 5.41) is 0. The van der Waals surface area contributed by atoms with Crippen molar-refractivity contribution in [1.29, 1.82) is 0 Å². The Labute approximate surface area is 120 Å². The Morgan fingerprint density at radius 2 is 2.05 bits per heavy atom. The molecule has 0 aliphatic carbocycles. The Hall–Kier alpha value is -1.30. The summed E-state index contributed by atoms with van der Waals surface area (Å²) in [6.07, 6.45) is 3.05. The minimum absolute atomic E-state index is 0.250. The second kappa shape index (κ2) is 7.47. The fraction of sp³-hybridized carbons (Fsp3) is 0.600. The van der Waals surface area contributed by atoms with Gasteiger partial charge in [0, 0.05) is 25.1 Å². The van der Waals surface area contributed by atoms with Crippen molar-refractivity contribution in [2.24, 2.45) is 5.90 Å². The third-order valence-corrected chi connectivity index (χ3v) is 3.72. The Morgan fingerprint density at radius 1 is 1.30 bits per heavy atom. The second-order valence-corrected chi connectivity index (χ2v) is 5.19. The van der Waals surface area contributed by atoms with E-state index in [4.69, 9.17) is 15.4 Å². The molecule has 20 heavy (non-hydrogen) atoms. The average Bonchev–Trinajstić information content (AvgIpc) is 2.48. The van der Waals surface area contributed by atoms with Gasteiger partial charge in [0.15, 0.2) is 11.5 Å². The van der Waals surface area contributed by atoms with Gasteiger partial charge in [0.1, 0.15) is 6.10 Å². The predicted molar refractivity (Wildman–Crippen MR) is 78.0 cm³/mol. The van der Waals surface area contributed by atoms with Crippen molar-refractivity contribution in [3.05, 3.63) is 23.8 Å². The van der Waals surface area contributed by atoms with Crippen LogP contribution in [0, 0.1) is 0 Å². The number of nitrogens with zero attached hydrogens (tertiary/aromatic N) is 1. The minimum Gasteiger partial charge on any atom is -0.493 e. The number of ether oxygens (including phenoxy) is 2. The van der Waals surface area contributed by atoms with E-state index in [-0.39, 0.29) is 6.10 Å². The molecule has 5 nitrogen and oxygen atoms in total. The van der Waals surface area contributed by atoms with E-state index in [9.17, 15) is 0 Å². The highest BCUT2D eigenvalue weighted by Gasteiger charge is 2.21. The maximum absolute atomic E-state index is 6.21. The molecule has 1 aliphatic heterocycles. The number of nitrogens with two attached hydrogens (primary N) is 1. The van der Waals surface area contributed by atoms with Gasteiger partial charge in [-0.15, -0.1) is 0 Å². The lowest BCUT2D eigenvalue weighted by molar-refractivity contribution is 0.108. The minimum atomic E-state index is 0.250. The zero-order valence-corrected chi connectivity index (χ0v) is 12.3. The van der Waals surface area contributed by atoms with E-state index in [1.807, 2.05) is 18.2 Å². The molecule has 0 bridgehead atoms. The molecule has 1 aliphatic rings. The zero-order valence-electron chi connectivity index (χ0n) is 12.3. The van der Waals surface area contributed by atoms with Gasteiger partial charge in [0.05, 0.1) is 13.7 Å². The van der Waals surface area contributed by atoms with Crippen molar-refractivity contribution in [2.75, 3.05) is 33.9 Å². The van der Waals surface area contributed by atoms with Gasteiger partial charge in [0.2, 0.25) is 0 Å². The molecule has 0 atom stereocenters. The van der Waals surface area contributed by atoms with E-state index in [0.717, 1.165) is 49.4 Å². The molecular weight excluding hydrogens is 256 g/mol. The molecule has 5 heteroatoms. The number of benzene rings is 1. The quantitative estimate of drug-likeness (QED) is 0.802. The first-order valence-corrected chi connectivity index (χ1v) is 7.07. The van der Waals surface area contributed by atoms with E-state index in [1.165, 1.54) is 0 Å². The van der Waals surface area contributed by atoms with Crippen LogP contribution >= 0.6 is 0 Å². The third-order valence-electron chi connectivity index (χ3n) is 3.72. The number of likely N-dealkylation sites (tertiary alicyclic amines) is 1. The van der Waals surface area contributed by atoms with Gasteiger partial charge in [-0.3, -0.25) is 0 Å². The van der Waals surface area contributed by atoms with E-state index >= 15 is 0 Å². The number of rotatable bonds is 6. The van der Waals surface area contributed by atoms with Gasteiger partial charge in [-0.2, -0.15) is 0 Å². The first-order valence-electron chi connectivity index (χ1n) is 7.07. The molecule has 1 aromatic carbocycles. The van der Waals surface area contributed by atoms with Crippen molar-refractivity contribution >= 4 is 0 Å². The summed E-state index contributed by atoms with van der Waals surface area (Å²) in [4.78, 5) is 7.00. The lowest BCUT2D eigenvalue weighted by atomic mass is 10.1. The van der Waals surface area contributed by atoms with Crippen LogP contribution < -0.4 is 15.4 Å². The van der Waals surface area contributed by atoms with Crippen molar-refractivity contribution in [1.82, 2.24) is 4.90 Å². The highest BCUT2D eigenvalue weighted by Crippen LogP contribution is 2.33. The van der Waals surface area contributed by atoms with Crippen molar-refractivity contribution in [3.63, 3.8) is 0 Å². The summed E-state index contributed by atoms with van der Waals surface area (Å²) >= 11 is 0. The summed E-state index contributed by atoms with van der Waals surface area (Å²) in [5.74, 6) is 6.73. The summed E-state index contributed by atoms with van der Waals surface area (Å²) in [6, 6.07) is 5.93. The molecule has 1 aromatic rings. The lowest BCUT2D eigenvalue weighted by Crippen LogP contribution is -2.35. The van der Waals surface area contributed by atoms with E-state index in [2.05, 4.69) is 16.8 Å². The van der Waals surface area contributed by atoms with Crippen LogP contribution in [0.5, 0.6) is 11.5 Å². The molecule has 1 fully saturated rings. The van der Waals surface area contributed by atoms with Crippen LogP contribution in [-0.4, -0.2) is 44.9 Å². The largest absolute Gasteiger partial charge is 0.493 e. The normalized spacial score (nSPS) is 17.1. The Kier molecular flexibility index (Phi) is 5.64. The lowest BCUT2D eigenvalue weighted by Gasteiger charge is -2.30. The topological polar surface area (TPSA) is 57.0 Å². The molecule has 2 N–H and O–H groups in total. The molecule has 0 saturated carbocycles. The highest BCUT2D eigenvalue weighted by molar-refractivity contribution is 5.47. The molecule has 0 spiro atoms. The van der Waals surface area contributed by atoms with Crippen molar-refractivity contribution in [3.8, 4) is 11.5 Å². The molecule has 0 radical (unpaired) electrons. The van der Waals surface area contributed by atoms with Crippen molar-refractivity contribution in [2.45, 2.75) is 25.4 Å². The Morgan fingerprint density at radius 3 is 2.70 bits per heavy atom. The van der Waals surface area contributed by atoms with Crippen LogP contribution in [0.3, 0.4) is 0 Å². The molecule has 0 unspecified atom stereocenters. The fourth-order valence-corrected chi connectivity index (χ4v) is 2.49. The molecule has 1 heterocycles. The molecule has 0 amide bonds. The van der Waals surface area contributed by atoms with Crippen LogP contribution in [0.4, 0.5) is 0 Å². The summed E-state index contributed by atoms with van der Waals surface area (Å²) in [6.45, 7) is 2.61. The summed E-state index contributed by atoms with van der Waals surface area (Å²) in [7, 11) is 3.81. The van der Waals surface area contributed by atoms with Gasteiger partial charge in [-0.05, 0) is 26.0 Å². The monoisotopic (exact) mass is 280 g/mol. The Balaban J connectivity index is 2.11. The van der Waals surface area contributed by atoms with Crippen LogP contribution in [0.2, 0.25) is 0 Å². The second-order valence-electron chi connectivity index (χ2n) is 5.19. The maximum Gasteiger partial charge on any atom is 0.164 e. The maximum atomic E-state index is 6.21. The summed E-state index contributed by atoms with van der Waals surface area (Å²) in [5.41, 5.74) is 1.08. The number of para-hydroxylation sites is 1. The molecule has 2 rings (SSSR count). The van der Waals surface area contributed by atoms with Crippen LogP contribution in [0.15, 0.2) is 18.2 Å². The van der Waals surface area contributed by atoms with Gasteiger partial charge < -0.3 is 19.2 Å². The number of hydrogen-bond acceptors (Lipinski definition) is 5. The average molecular weight is 280 g/mol. The van der Waals surface area contributed by atoms with E-state index < -0.39 is 0 Å². The number of piperidine rings is 1. The first kappa shape index (κ1) is 15.1. The highest BCUT2D eigenvalue weighted by atomic mass is 16.6.